The van der Waals surface area contributed by atoms with E-state index in [0.29, 0.717) is 17.7 Å². The zero-order valence-electron chi connectivity index (χ0n) is 17.0. The van der Waals surface area contributed by atoms with E-state index >= 15 is 0 Å². The monoisotopic (exact) mass is 467 g/mol. The molecule has 1 heterocycles. The minimum atomic E-state index is -0.348. The lowest BCUT2D eigenvalue weighted by Crippen LogP contribution is -2.17. The van der Waals surface area contributed by atoms with Gasteiger partial charge in [0.05, 0.1) is 18.4 Å². The Bertz CT molecular complexity index is 1100. The Morgan fingerprint density at radius 1 is 1.10 bits per heavy atom. The number of amides is 1. The fourth-order valence-electron chi connectivity index (χ4n) is 3.13. The first-order chi connectivity index (χ1) is 14.4. The van der Waals surface area contributed by atoms with Gasteiger partial charge in [0.15, 0.2) is 0 Å². The number of carbonyl (C=O) groups excluding carboxylic acids is 2. The lowest BCUT2D eigenvalue weighted by molar-refractivity contribution is 0.0526. The standard InChI is InChI=1S/C23H22BrN3O3/c1-4-30-23(29)18-6-5-7-21(13-18)27-15(2)12-19(16(27)3)14-25-26-22(28)17-8-10-20(24)11-9-17/h5-14H,4H2,1-3H3,(H,26,28)/b25-14-. The summed E-state index contributed by atoms with van der Waals surface area (Å²) in [5.74, 6) is -0.631. The zero-order chi connectivity index (χ0) is 21.7. The minimum absolute atomic E-state index is 0.283. The molecule has 0 saturated heterocycles. The molecule has 3 rings (SSSR count). The molecule has 0 atom stereocenters. The van der Waals surface area contributed by atoms with Crippen molar-refractivity contribution in [2.24, 2.45) is 5.10 Å². The van der Waals surface area contributed by atoms with Gasteiger partial charge in [0, 0.05) is 32.7 Å². The van der Waals surface area contributed by atoms with E-state index in [9.17, 15) is 9.59 Å². The average molecular weight is 468 g/mol. The Kier molecular flexibility index (Phi) is 6.84. The lowest BCUT2D eigenvalue weighted by atomic mass is 10.2. The van der Waals surface area contributed by atoms with Crippen LogP contribution >= 0.6 is 15.9 Å². The van der Waals surface area contributed by atoms with E-state index in [-0.39, 0.29) is 11.9 Å². The van der Waals surface area contributed by atoms with Gasteiger partial charge in [-0.15, -0.1) is 0 Å². The van der Waals surface area contributed by atoms with Crippen molar-refractivity contribution in [1.82, 2.24) is 9.99 Å². The van der Waals surface area contributed by atoms with Gasteiger partial charge in [-0.3, -0.25) is 4.79 Å². The molecular weight excluding hydrogens is 446 g/mol. The second-order valence-electron chi connectivity index (χ2n) is 6.64. The van der Waals surface area contributed by atoms with Crippen LogP contribution < -0.4 is 5.43 Å². The fraction of sp³-hybridized carbons (Fsp3) is 0.174. The SMILES string of the molecule is CCOC(=O)c1cccc(-n2c(C)cc(/C=N\NC(=O)c3ccc(Br)cc3)c2C)c1. The van der Waals surface area contributed by atoms with E-state index in [0.717, 1.165) is 27.1 Å². The highest BCUT2D eigenvalue weighted by Crippen LogP contribution is 2.21. The number of carbonyl (C=O) groups is 2. The molecule has 0 saturated carbocycles. The number of halogens is 1. The fourth-order valence-corrected chi connectivity index (χ4v) is 3.39. The molecule has 1 aromatic heterocycles. The number of aryl methyl sites for hydroxylation is 1. The summed E-state index contributed by atoms with van der Waals surface area (Å²) in [6, 6.07) is 16.3. The van der Waals surface area contributed by atoms with Crippen LogP contribution in [0.3, 0.4) is 0 Å². The molecule has 2 aromatic carbocycles. The Morgan fingerprint density at radius 3 is 2.53 bits per heavy atom. The minimum Gasteiger partial charge on any atom is -0.462 e. The number of hydrogen-bond donors (Lipinski definition) is 1. The summed E-state index contributed by atoms with van der Waals surface area (Å²) in [5.41, 5.74) is 7.21. The molecule has 0 bridgehead atoms. The number of ether oxygens (including phenoxy) is 1. The van der Waals surface area contributed by atoms with Gasteiger partial charge in [0.25, 0.3) is 5.91 Å². The van der Waals surface area contributed by atoms with Crippen LogP contribution in [0.4, 0.5) is 0 Å². The van der Waals surface area contributed by atoms with Gasteiger partial charge in [-0.1, -0.05) is 22.0 Å². The van der Waals surface area contributed by atoms with Gasteiger partial charge in [-0.2, -0.15) is 5.10 Å². The number of benzene rings is 2. The molecule has 154 valence electrons. The molecule has 0 aliphatic heterocycles. The third-order valence-electron chi connectivity index (χ3n) is 4.56. The Balaban J connectivity index is 1.79. The predicted octanol–water partition coefficient (Wildman–Crippen LogP) is 4.80. The van der Waals surface area contributed by atoms with E-state index in [1.165, 1.54) is 0 Å². The molecule has 0 radical (unpaired) electrons. The molecule has 1 N–H and O–H groups in total. The average Bonchev–Trinajstić information content (AvgIpc) is 3.02. The van der Waals surface area contributed by atoms with Gasteiger partial charge < -0.3 is 9.30 Å². The highest BCUT2D eigenvalue weighted by Gasteiger charge is 2.13. The molecule has 1 amide bonds. The van der Waals surface area contributed by atoms with Crippen LogP contribution in [-0.4, -0.2) is 29.3 Å². The van der Waals surface area contributed by atoms with Crippen molar-refractivity contribution in [2.45, 2.75) is 20.8 Å². The third-order valence-corrected chi connectivity index (χ3v) is 5.09. The van der Waals surface area contributed by atoms with Crippen molar-refractivity contribution in [3.63, 3.8) is 0 Å². The third kappa shape index (κ3) is 4.86. The second-order valence-corrected chi connectivity index (χ2v) is 7.55. The summed E-state index contributed by atoms with van der Waals surface area (Å²) in [4.78, 5) is 24.2. The van der Waals surface area contributed by atoms with Gasteiger partial charge in [0.2, 0.25) is 0 Å². The summed E-state index contributed by atoms with van der Waals surface area (Å²) in [5, 5.41) is 4.10. The topological polar surface area (TPSA) is 72.7 Å². The van der Waals surface area contributed by atoms with Crippen molar-refractivity contribution in [1.29, 1.82) is 0 Å². The molecule has 0 spiro atoms. The zero-order valence-corrected chi connectivity index (χ0v) is 18.6. The van der Waals surface area contributed by atoms with Crippen LogP contribution in [-0.2, 0) is 4.74 Å². The van der Waals surface area contributed by atoms with Crippen molar-refractivity contribution in [2.75, 3.05) is 6.61 Å². The number of rotatable bonds is 6. The number of esters is 1. The van der Waals surface area contributed by atoms with Gasteiger partial charge >= 0.3 is 5.97 Å². The maximum Gasteiger partial charge on any atom is 0.338 e. The molecule has 0 aliphatic carbocycles. The molecule has 0 unspecified atom stereocenters. The van der Waals surface area contributed by atoms with Crippen molar-refractivity contribution < 1.29 is 14.3 Å². The summed E-state index contributed by atoms with van der Waals surface area (Å²) < 4.78 is 8.02. The Labute approximate surface area is 183 Å². The van der Waals surface area contributed by atoms with Gasteiger partial charge in [0.1, 0.15) is 0 Å². The Morgan fingerprint density at radius 2 is 1.83 bits per heavy atom. The first-order valence-corrected chi connectivity index (χ1v) is 10.3. The Hall–Kier alpha value is -3.19. The van der Waals surface area contributed by atoms with E-state index in [1.54, 1.807) is 49.5 Å². The van der Waals surface area contributed by atoms with E-state index in [4.69, 9.17) is 4.74 Å². The van der Waals surface area contributed by atoms with Crippen LogP contribution in [0, 0.1) is 13.8 Å². The molecule has 7 heteroatoms. The molecule has 3 aromatic rings. The normalized spacial score (nSPS) is 10.9. The molecule has 6 nitrogen and oxygen atoms in total. The van der Waals surface area contributed by atoms with E-state index in [2.05, 4.69) is 26.5 Å². The quantitative estimate of drug-likeness (QED) is 0.321. The maximum atomic E-state index is 12.2. The predicted molar refractivity (Wildman–Crippen MR) is 120 cm³/mol. The summed E-state index contributed by atoms with van der Waals surface area (Å²) in [6.07, 6.45) is 1.62. The molecule has 30 heavy (non-hydrogen) atoms. The number of nitrogens with one attached hydrogen (secondary N) is 1. The van der Waals surface area contributed by atoms with Gasteiger partial charge in [-0.25, -0.2) is 10.2 Å². The smallest absolute Gasteiger partial charge is 0.338 e. The van der Waals surface area contributed by atoms with Crippen LogP contribution in [0.2, 0.25) is 0 Å². The van der Waals surface area contributed by atoms with Crippen molar-refractivity contribution in [3.05, 3.63) is 87.1 Å². The summed E-state index contributed by atoms with van der Waals surface area (Å²) in [7, 11) is 0. The van der Waals surface area contributed by atoms with Crippen LogP contribution in [0.1, 0.15) is 44.6 Å². The number of hydrazone groups is 1. The maximum absolute atomic E-state index is 12.2. The number of aromatic nitrogens is 1. The largest absolute Gasteiger partial charge is 0.462 e. The van der Waals surface area contributed by atoms with Crippen molar-refractivity contribution >= 4 is 34.0 Å². The first kappa shape index (κ1) is 21.5. The summed E-state index contributed by atoms with van der Waals surface area (Å²) in [6.45, 7) is 6.05. The molecular formula is C23H22BrN3O3. The van der Waals surface area contributed by atoms with E-state index < -0.39 is 0 Å². The molecule has 0 aliphatic rings. The summed E-state index contributed by atoms with van der Waals surface area (Å²) >= 11 is 3.34. The van der Waals surface area contributed by atoms with Crippen LogP contribution in [0.5, 0.6) is 0 Å². The van der Waals surface area contributed by atoms with Gasteiger partial charge in [-0.05, 0) is 69.3 Å². The molecule has 0 fully saturated rings. The second kappa shape index (κ2) is 9.54. The highest BCUT2D eigenvalue weighted by molar-refractivity contribution is 9.10. The number of hydrogen-bond acceptors (Lipinski definition) is 4. The first-order valence-electron chi connectivity index (χ1n) is 9.46. The van der Waals surface area contributed by atoms with Crippen molar-refractivity contribution in [3.8, 4) is 5.69 Å². The number of nitrogens with zero attached hydrogens (tertiary/aromatic N) is 2. The lowest BCUT2D eigenvalue weighted by Gasteiger charge is -2.11. The van der Waals surface area contributed by atoms with Crippen LogP contribution in [0.15, 0.2) is 64.2 Å². The van der Waals surface area contributed by atoms with Crippen LogP contribution in [0.25, 0.3) is 5.69 Å². The van der Waals surface area contributed by atoms with E-state index in [1.807, 2.05) is 36.6 Å². The highest BCUT2D eigenvalue weighted by atomic mass is 79.9.